The highest BCUT2D eigenvalue weighted by molar-refractivity contribution is 5.01. The van der Waals surface area contributed by atoms with Crippen LogP contribution in [0.5, 0.6) is 0 Å². The maximum Gasteiger partial charge on any atom is 0.0767 e. The quantitative estimate of drug-likeness (QED) is 0.613. The molecule has 0 radical (unpaired) electrons. The molecule has 1 fully saturated rings. The van der Waals surface area contributed by atoms with Crippen molar-refractivity contribution >= 4 is 0 Å². The van der Waals surface area contributed by atoms with Crippen LogP contribution in [0.15, 0.2) is 0 Å². The molecule has 1 saturated carbocycles. The van der Waals surface area contributed by atoms with Crippen LogP contribution in [-0.4, -0.2) is 70.7 Å². The van der Waals surface area contributed by atoms with Crippen LogP contribution in [0.1, 0.15) is 32.1 Å². The molecule has 5 heteroatoms. The van der Waals surface area contributed by atoms with Gasteiger partial charge >= 0.3 is 0 Å². The Balaban J connectivity index is 2.79. The molecule has 1 aliphatic carbocycles. The summed E-state index contributed by atoms with van der Waals surface area (Å²) < 4.78 is 16.2. The zero-order valence-electron chi connectivity index (χ0n) is 13.4. The summed E-state index contributed by atoms with van der Waals surface area (Å²) >= 11 is 0. The number of nitrogens with two attached hydrogens (primary N) is 1. The van der Waals surface area contributed by atoms with E-state index in [4.69, 9.17) is 19.9 Å². The van der Waals surface area contributed by atoms with Gasteiger partial charge < -0.3 is 19.9 Å². The molecule has 20 heavy (non-hydrogen) atoms. The van der Waals surface area contributed by atoms with Gasteiger partial charge in [-0.3, -0.25) is 4.90 Å². The van der Waals surface area contributed by atoms with Gasteiger partial charge in [0.2, 0.25) is 0 Å². The average Bonchev–Trinajstić information content (AvgIpc) is 2.50. The summed E-state index contributed by atoms with van der Waals surface area (Å²) in [6, 6.07) is 0. The first-order chi connectivity index (χ1) is 9.75. The van der Waals surface area contributed by atoms with Gasteiger partial charge in [-0.1, -0.05) is 12.8 Å². The minimum atomic E-state index is -0.0424. The maximum atomic E-state index is 6.19. The summed E-state index contributed by atoms with van der Waals surface area (Å²) in [5.41, 5.74) is 6.14. The van der Waals surface area contributed by atoms with Crippen LogP contribution in [0.4, 0.5) is 0 Å². The molecule has 0 spiro atoms. The minimum absolute atomic E-state index is 0.0424. The first kappa shape index (κ1) is 17.9. The van der Waals surface area contributed by atoms with Crippen molar-refractivity contribution in [3.05, 3.63) is 0 Å². The Morgan fingerprint density at radius 3 is 2.45 bits per heavy atom. The highest BCUT2D eigenvalue weighted by Gasteiger charge is 2.44. The zero-order valence-corrected chi connectivity index (χ0v) is 13.4. The van der Waals surface area contributed by atoms with E-state index < -0.39 is 0 Å². The van der Waals surface area contributed by atoms with E-state index in [9.17, 15) is 0 Å². The third-order valence-corrected chi connectivity index (χ3v) is 4.53. The molecule has 2 atom stereocenters. The largest absolute Gasteiger partial charge is 0.385 e. The molecule has 0 aromatic rings. The van der Waals surface area contributed by atoms with Crippen molar-refractivity contribution in [3.8, 4) is 0 Å². The maximum absolute atomic E-state index is 6.19. The number of rotatable bonds is 10. The van der Waals surface area contributed by atoms with Crippen molar-refractivity contribution in [2.45, 2.75) is 43.7 Å². The van der Waals surface area contributed by atoms with E-state index in [1.807, 2.05) is 7.11 Å². The predicted octanol–water partition coefficient (Wildman–Crippen LogP) is 1.26. The smallest absolute Gasteiger partial charge is 0.0767 e. The number of hydrogen-bond acceptors (Lipinski definition) is 5. The summed E-state index contributed by atoms with van der Waals surface area (Å²) in [6.45, 7) is 4.03. The van der Waals surface area contributed by atoms with Crippen molar-refractivity contribution in [1.29, 1.82) is 0 Å². The van der Waals surface area contributed by atoms with Crippen LogP contribution in [0.3, 0.4) is 0 Å². The van der Waals surface area contributed by atoms with Gasteiger partial charge in [0.05, 0.1) is 18.2 Å². The van der Waals surface area contributed by atoms with Crippen molar-refractivity contribution < 1.29 is 14.2 Å². The summed E-state index contributed by atoms with van der Waals surface area (Å²) in [5, 5.41) is 0. The van der Waals surface area contributed by atoms with Crippen molar-refractivity contribution in [1.82, 2.24) is 4.90 Å². The Kier molecular flexibility index (Phi) is 8.64. The van der Waals surface area contributed by atoms with Crippen molar-refractivity contribution in [2.24, 2.45) is 5.73 Å². The van der Waals surface area contributed by atoms with E-state index in [-0.39, 0.29) is 11.6 Å². The molecule has 1 rings (SSSR count). The van der Waals surface area contributed by atoms with E-state index in [1.54, 1.807) is 14.2 Å². The fourth-order valence-electron chi connectivity index (χ4n) is 3.41. The SMILES string of the molecule is COCCCN(CCOC)C1(CN)CCCCC1OC. The van der Waals surface area contributed by atoms with E-state index in [0.29, 0.717) is 6.54 Å². The van der Waals surface area contributed by atoms with E-state index in [1.165, 1.54) is 12.8 Å². The first-order valence-corrected chi connectivity index (χ1v) is 7.71. The Morgan fingerprint density at radius 1 is 1.10 bits per heavy atom. The topological polar surface area (TPSA) is 57.0 Å². The van der Waals surface area contributed by atoms with Gasteiger partial charge in [-0.25, -0.2) is 0 Å². The van der Waals surface area contributed by atoms with Crippen LogP contribution < -0.4 is 5.73 Å². The standard InChI is InChI=1S/C15H32N2O3/c1-18-11-6-9-17(10-12-19-2)15(13-16)8-5-4-7-14(15)20-3/h14H,4-13,16H2,1-3H3. The Labute approximate surface area is 123 Å². The van der Waals surface area contributed by atoms with Crippen LogP contribution >= 0.6 is 0 Å². The molecule has 0 heterocycles. The monoisotopic (exact) mass is 288 g/mol. The normalized spacial score (nSPS) is 27.1. The third kappa shape index (κ3) is 4.40. The molecule has 120 valence electrons. The molecule has 0 aromatic heterocycles. The predicted molar refractivity (Wildman–Crippen MR) is 81.0 cm³/mol. The summed E-state index contributed by atoms with van der Waals surface area (Å²) in [5.74, 6) is 0. The van der Waals surface area contributed by atoms with E-state index in [2.05, 4.69) is 4.90 Å². The third-order valence-electron chi connectivity index (χ3n) is 4.53. The molecular formula is C15H32N2O3. The van der Waals surface area contributed by atoms with E-state index in [0.717, 1.165) is 45.6 Å². The van der Waals surface area contributed by atoms with Gasteiger partial charge in [-0.05, 0) is 19.3 Å². The first-order valence-electron chi connectivity index (χ1n) is 7.71. The van der Waals surface area contributed by atoms with Gasteiger partial charge in [0, 0.05) is 47.6 Å². The van der Waals surface area contributed by atoms with Gasteiger partial charge in [-0.15, -0.1) is 0 Å². The highest BCUT2D eigenvalue weighted by Crippen LogP contribution is 2.35. The van der Waals surface area contributed by atoms with Crippen molar-refractivity contribution in [2.75, 3.05) is 54.2 Å². The van der Waals surface area contributed by atoms with Crippen LogP contribution in [-0.2, 0) is 14.2 Å². The van der Waals surface area contributed by atoms with Crippen LogP contribution in [0.25, 0.3) is 0 Å². The molecular weight excluding hydrogens is 256 g/mol. The zero-order chi connectivity index (χ0) is 14.8. The summed E-state index contributed by atoms with van der Waals surface area (Å²) in [7, 11) is 5.30. The lowest BCUT2D eigenvalue weighted by molar-refractivity contribution is -0.0821. The number of methoxy groups -OCH3 is 3. The lowest BCUT2D eigenvalue weighted by Gasteiger charge is -2.50. The Bertz CT molecular complexity index is 253. The second-order valence-electron chi connectivity index (χ2n) is 5.60. The molecule has 1 aliphatic rings. The van der Waals surface area contributed by atoms with Crippen LogP contribution in [0.2, 0.25) is 0 Å². The number of hydrogen-bond donors (Lipinski definition) is 1. The molecule has 5 nitrogen and oxygen atoms in total. The number of nitrogens with zero attached hydrogens (tertiary/aromatic N) is 1. The summed E-state index contributed by atoms with van der Waals surface area (Å²) in [6.07, 6.45) is 5.90. The Hall–Kier alpha value is -0.200. The highest BCUT2D eigenvalue weighted by atomic mass is 16.5. The fourth-order valence-corrected chi connectivity index (χ4v) is 3.41. The number of ether oxygens (including phenoxy) is 3. The lowest BCUT2D eigenvalue weighted by Crippen LogP contribution is -2.63. The second-order valence-corrected chi connectivity index (χ2v) is 5.60. The lowest BCUT2D eigenvalue weighted by atomic mass is 9.77. The van der Waals surface area contributed by atoms with Crippen LogP contribution in [0, 0.1) is 0 Å². The van der Waals surface area contributed by atoms with E-state index >= 15 is 0 Å². The summed E-state index contributed by atoms with van der Waals surface area (Å²) in [4.78, 5) is 2.48. The molecule has 0 aromatic carbocycles. The molecule has 0 amide bonds. The van der Waals surface area contributed by atoms with Gasteiger partial charge in [0.1, 0.15) is 0 Å². The molecule has 2 unspecified atom stereocenters. The minimum Gasteiger partial charge on any atom is -0.385 e. The fraction of sp³-hybridized carbons (Fsp3) is 1.00. The van der Waals surface area contributed by atoms with Gasteiger partial charge in [-0.2, -0.15) is 0 Å². The Morgan fingerprint density at radius 2 is 1.85 bits per heavy atom. The molecule has 0 saturated heterocycles. The van der Waals surface area contributed by atoms with Gasteiger partial charge in [0.25, 0.3) is 0 Å². The second kappa shape index (κ2) is 9.68. The van der Waals surface area contributed by atoms with Crippen molar-refractivity contribution in [3.63, 3.8) is 0 Å². The molecule has 0 aliphatic heterocycles. The molecule has 0 bridgehead atoms. The average molecular weight is 288 g/mol. The molecule has 2 N–H and O–H groups in total. The van der Waals surface area contributed by atoms with Gasteiger partial charge in [0.15, 0.2) is 0 Å².